The van der Waals surface area contributed by atoms with E-state index in [4.69, 9.17) is 9.47 Å². The quantitative estimate of drug-likeness (QED) is 0.459. The number of amides is 1. The molecule has 1 N–H and O–H groups in total. The van der Waals surface area contributed by atoms with Crippen molar-refractivity contribution in [2.75, 3.05) is 6.61 Å². The Labute approximate surface area is 171 Å². The Morgan fingerprint density at radius 2 is 1.66 bits per heavy atom. The molecule has 5 heteroatoms. The van der Waals surface area contributed by atoms with Crippen molar-refractivity contribution in [2.24, 2.45) is 5.10 Å². The zero-order valence-corrected chi connectivity index (χ0v) is 16.6. The van der Waals surface area contributed by atoms with Crippen molar-refractivity contribution in [1.29, 1.82) is 0 Å². The van der Waals surface area contributed by atoms with E-state index in [9.17, 15) is 4.79 Å². The molecule has 0 aromatic heterocycles. The summed E-state index contributed by atoms with van der Waals surface area (Å²) in [6.45, 7) is 4.42. The Morgan fingerprint density at radius 3 is 2.38 bits per heavy atom. The van der Waals surface area contributed by atoms with E-state index in [1.807, 2.05) is 55.5 Å². The predicted molar refractivity (Wildman–Crippen MR) is 114 cm³/mol. The van der Waals surface area contributed by atoms with Gasteiger partial charge in [0.05, 0.1) is 6.21 Å². The van der Waals surface area contributed by atoms with Crippen LogP contribution in [0.4, 0.5) is 0 Å². The van der Waals surface area contributed by atoms with E-state index in [1.54, 1.807) is 6.21 Å². The van der Waals surface area contributed by atoms with Gasteiger partial charge in [-0.15, -0.1) is 0 Å². The molecule has 1 amide bonds. The second-order valence-electron chi connectivity index (χ2n) is 6.69. The van der Waals surface area contributed by atoms with E-state index in [0.717, 1.165) is 22.4 Å². The molecule has 0 saturated carbocycles. The number of nitrogens with zero attached hydrogens (tertiary/aromatic N) is 1. The standard InChI is InChI=1S/C24H24N2O3/c1-18-7-9-21(10-8-18)16-28-22-13-11-20(12-14-22)15-25-26-24(27)17-29-23-6-4-3-5-19(23)2/h3-15H,16-17H2,1-2H3,(H,26,27). The van der Waals surface area contributed by atoms with Gasteiger partial charge in [0.15, 0.2) is 6.61 Å². The lowest BCUT2D eigenvalue weighted by Crippen LogP contribution is -2.24. The molecule has 0 heterocycles. The van der Waals surface area contributed by atoms with Crippen LogP contribution in [0.3, 0.4) is 0 Å². The number of nitrogens with one attached hydrogen (secondary N) is 1. The number of para-hydroxylation sites is 1. The summed E-state index contributed by atoms with van der Waals surface area (Å²) in [4.78, 5) is 11.8. The van der Waals surface area contributed by atoms with E-state index >= 15 is 0 Å². The van der Waals surface area contributed by atoms with Crippen LogP contribution in [-0.2, 0) is 11.4 Å². The Hall–Kier alpha value is -3.60. The molecule has 0 aliphatic carbocycles. The van der Waals surface area contributed by atoms with Gasteiger partial charge < -0.3 is 9.47 Å². The molecule has 0 bridgehead atoms. The van der Waals surface area contributed by atoms with Crippen LogP contribution in [0, 0.1) is 13.8 Å². The van der Waals surface area contributed by atoms with Crippen LogP contribution in [0.15, 0.2) is 77.9 Å². The molecule has 3 rings (SSSR count). The van der Waals surface area contributed by atoms with Crippen LogP contribution >= 0.6 is 0 Å². The fourth-order valence-electron chi connectivity index (χ4n) is 2.57. The molecule has 0 saturated heterocycles. The third-order valence-corrected chi connectivity index (χ3v) is 4.26. The molecule has 0 aliphatic rings. The summed E-state index contributed by atoms with van der Waals surface area (Å²) in [5.74, 6) is 1.15. The van der Waals surface area contributed by atoms with Crippen LogP contribution in [0.5, 0.6) is 11.5 Å². The number of aryl methyl sites for hydroxylation is 2. The van der Waals surface area contributed by atoms with Gasteiger partial charge in [-0.3, -0.25) is 4.79 Å². The zero-order chi connectivity index (χ0) is 20.5. The maximum atomic E-state index is 11.8. The van der Waals surface area contributed by atoms with Crippen molar-refractivity contribution < 1.29 is 14.3 Å². The highest BCUT2D eigenvalue weighted by atomic mass is 16.5. The number of hydrogen-bond acceptors (Lipinski definition) is 4. The highest BCUT2D eigenvalue weighted by Crippen LogP contribution is 2.16. The molecule has 0 atom stereocenters. The second kappa shape index (κ2) is 10.1. The summed E-state index contributed by atoms with van der Waals surface area (Å²) >= 11 is 0. The van der Waals surface area contributed by atoms with Crippen LogP contribution in [-0.4, -0.2) is 18.7 Å². The number of hydrogen-bond donors (Lipinski definition) is 1. The number of hydrazone groups is 1. The number of carbonyl (C=O) groups excluding carboxylic acids is 1. The summed E-state index contributed by atoms with van der Waals surface area (Å²) in [6, 6.07) is 23.3. The third-order valence-electron chi connectivity index (χ3n) is 4.26. The van der Waals surface area contributed by atoms with E-state index in [1.165, 1.54) is 5.56 Å². The average Bonchev–Trinajstić information content (AvgIpc) is 2.74. The van der Waals surface area contributed by atoms with Gasteiger partial charge in [-0.05, 0) is 60.9 Å². The second-order valence-corrected chi connectivity index (χ2v) is 6.69. The van der Waals surface area contributed by atoms with E-state index in [-0.39, 0.29) is 12.5 Å². The SMILES string of the molecule is Cc1ccc(COc2ccc(C=NNC(=O)COc3ccccc3C)cc2)cc1. The molecule has 0 unspecified atom stereocenters. The lowest BCUT2D eigenvalue weighted by Gasteiger charge is -2.07. The number of rotatable bonds is 8. The minimum atomic E-state index is -0.317. The van der Waals surface area contributed by atoms with Gasteiger partial charge in [0, 0.05) is 0 Å². The van der Waals surface area contributed by atoms with Crippen molar-refractivity contribution in [3.63, 3.8) is 0 Å². The fourth-order valence-corrected chi connectivity index (χ4v) is 2.57. The van der Waals surface area contributed by atoms with Crippen LogP contribution < -0.4 is 14.9 Å². The molecular weight excluding hydrogens is 364 g/mol. The molecule has 3 aromatic rings. The first-order valence-electron chi connectivity index (χ1n) is 9.39. The molecular formula is C24H24N2O3. The maximum absolute atomic E-state index is 11.8. The maximum Gasteiger partial charge on any atom is 0.277 e. The van der Waals surface area contributed by atoms with E-state index in [2.05, 4.69) is 41.7 Å². The molecule has 0 fully saturated rings. The normalized spacial score (nSPS) is 10.7. The highest BCUT2D eigenvalue weighted by Gasteiger charge is 2.03. The number of carbonyl (C=O) groups is 1. The minimum absolute atomic E-state index is 0.0893. The van der Waals surface area contributed by atoms with E-state index in [0.29, 0.717) is 12.4 Å². The highest BCUT2D eigenvalue weighted by molar-refractivity contribution is 5.83. The summed E-state index contributed by atoms with van der Waals surface area (Å²) in [5.41, 5.74) is 6.65. The van der Waals surface area contributed by atoms with Gasteiger partial charge in [0.1, 0.15) is 18.1 Å². The Kier molecular flexibility index (Phi) is 7.00. The Balaban J connectivity index is 1.42. The lowest BCUT2D eigenvalue weighted by molar-refractivity contribution is -0.123. The van der Waals surface area contributed by atoms with Gasteiger partial charge in [-0.2, -0.15) is 5.10 Å². The minimum Gasteiger partial charge on any atom is -0.489 e. The van der Waals surface area contributed by atoms with Crippen molar-refractivity contribution >= 4 is 12.1 Å². The molecule has 0 radical (unpaired) electrons. The fraction of sp³-hybridized carbons (Fsp3) is 0.167. The van der Waals surface area contributed by atoms with Crippen molar-refractivity contribution in [3.8, 4) is 11.5 Å². The smallest absolute Gasteiger partial charge is 0.277 e. The molecule has 0 aliphatic heterocycles. The van der Waals surface area contributed by atoms with Gasteiger partial charge in [0.25, 0.3) is 5.91 Å². The van der Waals surface area contributed by atoms with E-state index < -0.39 is 0 Å². The molecule has 3 aromatic carbocycles. The van der Waals surface area contributed by atoms with Crippen molar-refractivity contribution in [3.05, 3.63) is 95.1 Å². The van der Waals surface area contributed by atoms with Gasteiger partial charge in [0.2, 0.25) is 0 Å². The predicted octanol–water partition coefficient (Wildman–Crippen LogP) is 4.41. The van der Waals surface area contributed by atoms with Crippen LogP contribution in [0.25, 0.3) is 0 Å². The Bertz CT molecular complexity index is 964. The summed E-state index contributed by atoms with van der Waals surface area (Å²) in [5, 5.41) is 3.96. The third kappa shape index (κ3) is 6.50. The molecule has 148 valence electrons. The first kappa shape index (κ1) is 20.1. The molecule has 29 heavy (non-hydrogen) atoms. The van der Waals surface area contributed by atoms with Crippen molar-refractivity contribution in [2.45, 2.75) is 20.5 Å². The van der Waals surface area contributed by atoms with Gasteiger partial charge in [-0.25, -0.2) is 5.43 Å². The summed E-state index contributed by atoms with van der Waals surface area (Å²) in [7, 11) is 0. The largest absolute Gasteiger partial charge is 0.489 e. The topological polar surface area (TPSA) is 59.9 Å². The number of ether oxygens (including phenoxy) is 2. The van der Waals surface area contributed by atoms with Gasteiger partial charge in [-0.1, -0.05) is 48.0 Å². The molecule has 0 spiro atoms. The zero-order valence-electron chi connectivity index (χ0n) is 16.6. The average molecular weight is 388 g/mol. The first-order valence-corrected chi connectivity index (χ1v) is 9.39. The van der Waals surface area contributed by atoms with Crippen LogP contribution in [0.1, 0.15) is 22.3 Å². The number of benzene rings is 3. The monoisotopic (exact) mass is 388 g/mol. The van der Waals surface area contributed by atoms with Crippen molar-refractivity contribution in [1.82, 2.24) is 5.43 Å². The molecule has 5 nitrogen and oxygen atoms in total. The first-order chi connectivity index (χ1) is 14.1. The summed E-state index contributed by atoms with van der Waals surface area (Å²) < 4.78 is 11.3. The summed E-state index contributed by atoms with van der Waals surface area (Å²) in [6.07, 6.45) is 1.58. The van der Waals surface area contributed by atoms with Crippen LogP contribution in [0.2, 0.25) is 0 Å². The Morgan fingerprint density at radius 1 is 0.931 bits per heavy atom. The van der Waals surface area contributed by atoms with Gasteiger partial charge >= 0.3 is 0 Å². The lowest BCUT2D eigenvalue weighted by atomic mass is 10.2.